The Balaban J connectivity index is 1.57. The summed E-state index contributed by atoms with van der Waals surface area (Å²) < 4.78 is 30.9. The Bertz CT molecular complexity index is 1330. The molecule has 2 heterocycles. The molecule has 0 saturated carbocycles. The minimum Gasteiger partial charge on any atom is -0.486 e. The molecule has 31 heavy (non-hydrogen) atoms. The normalized spacial score (nSPS) is 12.5. The maximum Gasteiger partial charge on any atom is 0.258 e. The van der Waals surface area contributed by atoms with Crippen molar-refractivity contribution in [2.45, 2.75) is 0 Å². The molecular formula is C24H16FNO5. The van der Waals surface area contributed by atoms with Gasteiger partial charge in [-0.1, -0.05) is 24.3 Å². The first-order valence-electron chi connectivity index (χ1n) is 9.63. The van der Waals surface area contributed by atoms with E-state index in [0.717, 1.165) is 0 Å². The number of amides is 1. The summed E-state index contributed by atoms with van der Waals surface area (Å²) in [5.41, 5.74) is 0.783. The van der Waals surface area contributed by atoms with Crippen molar-refractivity contribution < 1.29 is 27.9 Å². The van der Waals surface area contributed by atoms with Gasteiger partial charge in [0.05, 0.1) is 11.3 Å². The number of ketones is 1. The first kappa shape index (κ1) is 18.9. The Morgan fingerprint density at radius 2 is 1.61 bits per heavy atom. The average Bonchev–Trinajstić information content (AvgIpc) is 3.17. The van der Waals surface area contributed by atoms with Gasteiger partial charge >= 0.3 is 0 Å². The Kier molecular flexibility index (Phi) is 4.63. The molecule has 1 aliphatic heterocycles. The summed E-state index contributed by atoms with van der Waals surface area (Å²) in [4.78, 5) is 26.0. The predicted molar refractivity (Wildman–Crippen MR) is 111 cm³/mol. The van der Waals surface area contributed by atoms with Gasteiger partial charge in [0.15, 0.2) is 17.3 Å². The molecule has 1 aromatic heterocycles. The minimum absolute atomic E-state index is 0.0532. The predicted octanol–water partition coefficient (Wildman–Crippen LogP) is 4.83. The van der Waals surface area contributed by atoms with Gasteiger partial charge in [-0.05, 0) is 42.5 Å². The largest absolute Gasteiger partial charge is 0.486 e. The van der Waals surface area contributed by atoms with Crippen molar-refractivity contribution in [2.24, 2.45) is 0 Å². The van der Waals surface area contributed by atoms with Gasteiger partial charge in [0.1, 0.15) is 24.6 Å². The zero-order chi connectivity index (χ0) is 21.4. The number of hydrogen-bond acceptors (Lipinski definition) is 5. The molecule has 0 unspecified atom stereocenters. The fraction of sp³-hybridized carbons (Fsp3) is 0.0833. The number of para-hydroxylation sites is 1. The lowest BCUT2D eigenvalue weighted by atomic mass is 10.1. The second-order valence-corrected chi connectivity index (χ2v) is 6.92. The zero-order valence-corrected chi connectivity index (χ0v) is 16.2. The van der Waals surface area contributed by atoms with E-state index in [9.17, 15) is 14.0 Å². The van der Waals surface area contributed by atoms with Crippen LogP contribution in [0.15, 0.2) is 71.1 Å². The van der Waals surface area contributed by atoms with E-state index in [1.165, 1.54) is 18.2 Å². The average molecular weight is 417 g/mol. The Morgan fingerprint density at radius 3 is 2.45 bits per heavy atom. The number of benzene rings is 3. The van der Waals surface area contributed by atoms with E-state index in [1.54, 1.807) is 48.5 Å². The van der Waals surface area contributed by atoms with Gasteiger partial charge < -0.3 is 19.2 Å². The highest BCUT2D eigenvalue weighted by Gasteiger charge is 2.25. The lowest BCUT2D eigenvalue weighted by molar-refractivity contribution is 0.101. The van der Waals surface area contributed by atoms with Crippen LogP contribution in [0, 0.1) is 5.82 Å². The SMILES string of the molecule is O=C(Nc1c(C(=O)c2ccc3c(c2)OCCO3)oc2ccccc12)c1ccccc1F. The number of carbonyl (C=O) groups excluding carboxylic acids is 2. The molecule has 3 aromatic carbocycles. The third-order valence-corrected chi connectivity index (χ3v) is 4.96. The Labute approximate surface area is 176 Å². The van der Waals surface area contributed by atoms with Crippen molar-refractivity contribution in [3.8, 4) is 11.5 Å². The number of halogens is 1. The van der Waals surface area contributed by atoms with Crippen molar-refractivity contribution >= 4 is 28.3 Å². The topological polar surface area (TPSA) is 77.8 Å². The number of ether oxygens (including phenoxy) is 2. The molecule has 0 saturated heterocycles. The molecule has 1 amide bonds. The summed E-state index contributed by atoms with van der Waals surface area (Å²) in [7, 11) is 0. The third-order valence-electron chi connectivity index (χ3n) is 4.96. The molecule has 0 spiro atoms. The van der Waals surface area contributed by atoms with E-state index in [-0.39, 0.29) is 17.0 Å². The number of carbonyl (C=O) groups is 2. The second kappa shape index (κ2) is 7.60. The van der Waals surface area contributed by atoms with Gasteiger partial charge in [-0.15, -0.1) is 0 Å². The van der Waals surface area contributed by atoms with E-state index in [2.05, 4.69) is 5.32 Å². The molecule has 0 bridgehead atoms. The van der Waals surface area contributed by atoms with Gasteiger partial charge in [-0.25, -0.2) is 4.39 Å². The van der Waals surface area contributed by atoms with Crippen LogP contribution in [0.1, 0.15) is 26.5 Å². The summed E-state index contributed by atoms with van der Waals surface area (Å²) in [5, 5.41) is 3.19. The van der Waals surface area contributed by atoms with Gasteiger partial charge in [-0.3, -0.25) is 9.59 Å². The smallest absolute Gasteiger partial charge is 0.258 e. The summed E-state index contributed by atoms with van der Waals surface area (Å²) in [6.45, 7) is 0.829. The van der Waals surface area contributed by atoms with Crippen LogP contribution in [0.3, 0.4) is 0 Å². The summed E-state index contributed by atoms with van der Waals surface area (Å²) >= 11 is 0. The van der Waals surface area contributed by atoms with Crippen LogP contribution in [0.2, 0.25) is 0 Å². The molecule has 5 rings (SSSR count). The minimum atomic E-state index is -0.680. The van der Waals surface area contributed by atoms with Gasteiger partial charge in [0.25, 0.3) is 5.91 Å². The lowest BCUT2D eigenvalue weighted by Crippen LogP contribution is -2.17. The first-order chi connectivity index (χ1) is 15.1. The van der Waals surface area contributed by atoms with Gasteiger partial charge in [-0.2, -0.15) is 0 Å². The van der Waals surface area contributed by atoms with Crippen molar-refractivity contribution in [3.05, 3.63) is 89.4 Å². The maximum absolute atomic E-state index is 14.1. The molecule has 0 fully saturated rings. The van der Waals surface area contributed by atoms with Gasteiger partial charge in [0, 0.05) is 10.9 Å². The van der Waals surface area contributed by atoms with Crippen LogP contribution in [0.5, 0.6) is 11.5 Å². The van der Waals surface area contributed by atoms with Crippen LogP contribution < -0.4 is 14.8 Å². The highest BCUT2D eigenvalue weighted by molar-refractivity contribution is 6.19. The number of nitrogens with one attached hydrogen (secondary N) is 1. The summed E-state index contributed by atoms with van der Waals surface area (Å²) in [5.74, 6) is -0.821. The molecule has 6 nitrogen and oxygen atoms in total. The molecular weight excluding hydrogens is 401 g/mol. The molecule has 4 aromatic rings. The number of hydrogen-bond donors (Lipinski definition) is 1. The number of rotatable bonds is 4. The Hall–Kier alpha value is -4.13. The van der Waals surface area contributed by atoms with E-state index in [0.29, 0.717) is 41.2 Å². The van der Waals surface area contributed by atoms with Crippen LogP contribution in [0.4, 0.5) is 10.1 Å². The summed E-state index contributed by atoms with van der Waals surface area (Å²) in [6, 6.07) is 17.4. The second-order valence-electron chi connectivity index (χ2n) is 6.92. The highest BCUT2D eigenvalue weighted by Crippen LogP contribution is 2.35. The molecule has 0 atom stereocenters. The number of anilines is 1. The first-order valence-corrected chi connectivity index (χ1v) is 9.63. The monoisotopic (exact) mass is 417 g/mol. The highest BCUT2D eigenvalue weighted by atomic mass is 19.1. The summed E-state index contributed by atoms with van der Waals surface area (Å²) in [6.07, 6.45) is 0. The molecule has 7 heteroatoms. The van der Waals surface area contributed by atoms with E-state index >= 15 is 0 Å². The van der Waals surface area contributed by atoms with E-state index < -0.39 is 17.5 Å². The van der Waals surface area contributed by atoms with Crippen LogP contribution in [0.25, 0.3) is 11.0 Å². The van der Waals surface area contributed by atoms with Crippen molar-refractivity contribution in [1.82, 2.24) is 0 Å². The van der Waals surface area contributed by atoms with Crippen LogP contribution in [-0.4, -0.2) is 24.9 Å². The third kappa shape index (κ3) is 3.40. The number of furan rings is 1. The molecule has 0 aliphatic carbocycles. The quantitative estimate of drug-likeness (QED) is 0.482. The lowest BCUT2D eigenvalue weighted by Gasteiger charge is -2.18. The molecule has 0 radical (unpaired) electrons. The van der Waals surface area contributed by atoms with Crippen LogP contribution >= 0.6 is 0 Å². The molecule has 1 N–H and O–H groups in total. The Morgan fingerprint density at radius 1 is 0.871 bits per heavy atom. The standard InChI is InChI=1S/C24H16FNO5/c25-17-7-3-1-5-15(17)24(28)26-21-16-6-2-4-8-18(16)31-23(21)22(27)14-9-10-19-20(13-14)30-12-11-29-19/h1-10,13H,11-12H2,(H,26,28). The van der Waals surface area contributed by atoms with E-state index in [1.807, 2.05) is 0 Å². The molecule has 154 valence electrons. The van der Waals surface area contributed by atoms with E-state index in [4.69, 9.17) is 13.9 Å². The van der Waals surface area contributed by atoms with Crippen molar-refractivity contribution in [1.29, 1.82) is 0 Å². The maximum atomic E-state index is 14.1. The zero-order valence-electron chi connectivity index (χ0n) is 16.2. The van der Waals surface area contributed by atoms with Gasteiger partial charge in [0.2, 0.25) is 5.78 Å². The fourth-order valence-corrected chi connectivity index (χ4v) is 3.47. The molecule has 1 aliphatic rings. The number of fused-ring (bicyclic) bond motifs is 2. The van der Waals surface area contributed by atoms with Crippen molar-refractivity contribution in [2.75, 3.05) is 18.5 Å². The fourth-order valence-electron chi connectivity index (χ4n) is 3.47. The van der Waals surface area contributed by atoms with Crippen LogP contribution in [-0.2, 0) is 0 Å². The van der Waals surface area contributed by atoms with Crippen molar-refractivity contribution in [3.63, 3.8) is 0 Å².